The molecule has 0 saturated carbocycles. The molecule has 0 spiro atoms. The Kier molecular flexibility index (Phi) is 10.8. The monoisotopic (exact) mass is 503 g/mol. The quantitative estimate of drug-likeness (QED) is 0.249. The van der Waals surface area contributed by atoms with E-state index in [0.717, 1.165) is 5.56 Å². The molecule has 5 unspecified atom stereocenters. The third-order valence-electron chi connectivity index (χ3n) is 6.55. The van der Waals surface area contributed by atoms with Crippen molar-refractivity contribution in [2.75, 3.05) is 6.54 Å². The van der Waals surface area contributed by atoms with Gasteiger partial charge in [0.15, 0.2) is 0 Å². The number of nitrogens with two attached hydrogens (primary N) is 2. The summed E-state index contributed by atoms with van der Waals surface area (Å²) in [6, 6.07) is 5.10. The van der Waals surface area contributed by atoms with Gasteiger partial charge in [-0.15, -0.1) is 0 Å². The van der Waals surface area contributed by atoms with Crippen LogP contribution in [0.2, 0.25) is 0 Å². The summed E-state index contributed by atoms with van der Waals surface area (Å²) < 4.78 is 0. The molecule has 1 saturated heterocycles. The summed E-state index contributed by atoms with van der Waals surface area (Å²) in [5.74, 6) is -3.61. The van der Waals surface area contributed by atoms with Gasteiger partial charge < -0.3 is 32.1 Å². The van der Waals surface area contributed by atoms with Crippen molar-refractivity contribution in [2.45, 2.75) is 76.5 Å². The Hall–Kier alpha value is -3.47. The van der Waals surface area contributed by atoms with Crippen molar-refractivity contribution in [1.82, 2.24) is 15.5 Å². The molecule has 7 N–H and O–H groups in total. The summed E-state index contributed by atoms with van der Waals surface area (Å²) in [7, 11) is 0. The van der Waals surface area contributed by atoms with Gasteiger partial charge >= 0.3 is 5.97 Å². The Bertz CT molecular complexity index is 940. The lowest BCUT2D eigenvalue weighted by Crippen LogP contribution is -2.59. The van der Waals surface area contributed by atoms with Gasteiger partial charge in [-0.25, -0.2) is 4.79 Å². The molecule has 11 heteroatoms. The number of carboxylic acids is 1. The Morgan fingerprint density at radius 2 is 1.78 bits per heavy atom. The average Bonchev–Trinajstić information content (AvgIpc) is 3.35. The van der Waals surface area contributed by atoms with Gasteiger partial charge in [0.1, 0.15) is 18.1 Å². The van der Waals surface area contributed by atoms with Gasteiger partial charge in [0.2, 0.25) is 23.6 Å². The van der Waals surface area contributed by atoms with E-state index in [2.05, 4.69) is 10.6 Å². The number of amides is 4. The molecule has 0 aliphatic carbocycles. The molecule has 1 aliphatic heterocycles. The first-order valence-corrected chi connectivity index (χ1v) is 12.3. The zero-order valence-corrected chi connectivity index (χ0v) is 20.8. The first kappa shape index (κ1) is 28.8. The van der Waals surface area contributed by atoms with Crippen molar-refractivity contribution in [1.29, 1.82) is 0 Å². The normalized spacial score (nSPS) is 18.5. The van der Waals surface area contributed by atoms with Gasteiger partial charge in [-0.1, -0.05) is 50.6 Å². The molecule has 1 heterocycles. The highest BCUT2D eigenvalue weighted by Gasteiger charge is 2.39. The Morgan fingerprint density at radius 1 is 1.11 bits per heavy atom. The van der Waals surface area contributed by atoms with Crippen LogP contribution in [0.25, 0.3) is 0 Å². The van der Waals surface area contributed by atoms with Crippen molar-refractivity contribution in [2.24, 2.45) is 17.4 Å². The van der Waals surface area contributed by atoms with Crippen LogP contribution < -0.4 is 22.1 Å². The highest BCUT2D eigenvalue weighted by Crippen LogP contribution is 2.20. The van der Waals surface area contributed by atoms with Crippen LogP contribution in [0, 0.1) is 5.92 Å². The van der Waals surface area contributed by atoms with E-state index in [4.69, 9.17) is 11.5 Å². The maximum absolute atomic E-state index is 13.4. The van der Waals surface area contributed by atoms with Crippen molar-refractivity contribution in [3.63, 3.8) is 0 Å². The molecule has 0 radical (unpaired) electrons. The summed E-state index contributed by atoms with van der Waals surface area (Å²) in [6.07, 6.45) is 1.60. The highest BCUT2D eigenvalue weighted by molar-refractivity contribution is 5.94. The first-order chi connectivity index (χ1) is 17.0. The minimum absolute atomic E-state index is 0.0384. The van der Waals surface area contributed by atoms with Crippen LogP contribution in [0.1, 0.15) is 51.5 Å². The number of carboxylic acid groups (broad SMARTS) is 1. The summed E-state index contributed by atoms with van der Waals surface area (Å²) in [5, 5.41) is 14.9. The average molecular weight is 504 g/mol. The lowest BCUT2D eigenvalue weighted by Gasteiger charge is -2.30. The van der Waals surface area contributed by atoms with E-state index in [-0.39, 0.29) is 31.7 Å². The molecular formula is C25H37N5O6. The molecule has 1 aromatic rings. The SMILES string of the molecule is CCC(C)C(NC(=O)C(N)CCC(N)=O)C(=O)NC(Cc1ccccc1)C(=O)N1CCCC1C(=O)O. The highest BCUT2D eigenvalue weighted by atomic mass is 16.4. The Morgan fingerprint density at radius 3 is 2.36 bits per heavy atom. The number of likely N-dealkylation sites (tertiary alicyclic amines) is 1. The van der Waals surface area contributed by atoms with E-state index >= 15 is 0 Å². The Balaban J connectivity index is 2.23. The summed E-state index contributed by atoms with van der Waals surface area (Å²) in [5.41, 5.74) is 11.8. The van der Waals surface area contributed by atoms with Crippen molar-refractivity contribution in [3.8, 4) is 0 Å². The van der Waals surface area contributed by atoms with Crippen molar-refractivity contribution < 1.29 is 29.1 Å². The molecule has 1 fully saturated rings. The number of nitrogens with zero attached hydrogens (tertiary/aromatic N) is 1. The fraction of sp³-hybridized carbons (Fsp3) is 0.560. The lowest BCUT2D eigenvalue weighted by molar-refractivity contribution is -0.149. The van der Waals surface area contributed by atoms with E-state index < -0.39 is 53.8 Å². The molecule has 4 amide bonds. The van der Waals surface area contributed by atoms with Crippen molar-refractivity contribution >= 4 is 29.6 Å². The van der Waals surface area contributed by atoms with E-state index in [9.17, 15) is 29.1 Å². The van der Waals surface area contributed by atoms with E-state index in [1.165, 1.54) is 4.90 Å². The van der Waals surface area contributed by atoms with Gasteiger partial charge in [0, 0.05) is 19.4 Å². The summed E-state index contributed by atoms with van der Waals surface area (Å²) >= 11 is 0. The van der Waals surface area contributed by atoms with Gasteiger partial charge in [-0.3, -0.25) is 19.2 Å². The number of rotatable bonds is 13. The van der Waals surface area contributed by atoms with E-state index in [0.29, 0.717) is 19.3 Å². The molecule has 2 rings (SSSR count). The first-order valence-electron chi connectivity index (χ1n) is 12.3. The van der Waals surface area contributed by atoms with Gasteiger partial charge in [0.25, 0.3) is 0 Å². The minimum Gasteiger partial charge on any atom is -0.480 e. The third-order valence-corrected chi connectivity index (χ3v) is 6.55. The number of primary amides is 1. The topological polar surface area (TPSA) is 185 Å². The predicted molar refractivity (Wildman–Crippen MR) is 132 cm³/mol. The molecule has 36 heavy (non-hydrogen) atoms. The minimum atomic E-state index is -1.08. The smallest absolute Gasteiger partial charge is 0.326 e. The zero-order chi connectivity index (χ0) is 26.8. The molecule has 198 valence electrons. The van der Waals surface area contributed by atoms with E-state index in [1.807, 2.05) is 37.3 Å². The molecule has 0 aromatic heterocycles. The standard InChI is InChI=1S/C25H37N5O6/c1-3-15(2)21(29-22(32)17(26)11-12-20(27)31)23(33)28-18(14-16-8-5-4-6-9-16)24(34)30-13-7-10-19(30)25(35)36/h4-6,8-9,15,17-19,21H,3,7,10-14,26H2,1-2H3,(H2,27,31)(H,28,33)(H,29,32)(H,35,36). The number of carbonyl (C=O) groups excluding carboxylic acids is 4. The summed E-state index contributed by atoms with van der Waals surface area (Å²) in [6.45, 7) is 3.93. The fourth-order valence-electron chi connectivity index (χ4n) is 4.19. The molecule has 11 nitrogen and oxygen atoms in total. The maximum Gasteiger partial charge on any atom is 0.326 e. The number of hydrogen-bond acceptors (Lipinski definition) is 6. The van der Waals surface area contributed by atoms with Crippen LogP contribution in [0.3, 0.4) is 0 Å². The molecule has 1 aromatic carbocycles. The van der Waals surface area contributed by atoms with Gasteiger partial charge in [-0.2, -0.15) is 0 Å². The van der Waals surface area contributed by atoms with Crippen LogP contribution in [0.15, 0.2) is 30.3 Å². The number of carbonyl (C=O) groups is 5. The second-order valence-electron chi connectivity index (χ2n) is 9.26. The van der Waals surface area contributed by atoms with Crippen LogP contribution in [0.4, 0.5) is 0 Å². The zero-order valence-electron chi connectivity index (χ0n) is 20.8. The maximum atomic E-state index is 13.4. The largest absolute Gasteiger partial charge is 0.480 e. The Labute approximate surface area is 211 Å². The molecule has 1 aliphatic rings. The van der Waals surface area contributed by atoms with Crippen LogP contribution in [-0.2, 0) is 30.4 Å². The summed E-state index contributed by atoms with van der Waals surface area (Å²) in [4.78, 5) is 63.4. The third kappa shape index (κ3) is 8.04. The molecule has 5 atom stereocenters. The van der Waals surface area contributed by atoms with Crippen LogP contribution >= 0.6 is 0 Å². The second-order valence-corrected chi connectivity index (χ2v) is 9.26. The number of nitrogens with one attached hydrogen (secondary N) is 2. The lowest BCUT2D eigenvalue weighted by atomic mass is 9.96. The van der Waals surface area contributed by atoms with Gasteiger partial charge in [-0.05, 0) is 30.7 Å². The number of aliphatic carboxylic acids is 1. The van der Waals surface area contributed by atoms with Crippen LogP contribution in [0.5, 0.6) is 0 Å². The van der Waals surface area contributed by atoms with Gasteiger partial charge in [0.05, 0.1) is 6.04 Å². The number of hydrogen-bond donors (Lipinski definition) is 5. The van der Waals surface area contributed by atoms with Crippen molar-refractivity contribution in [3.05, 3.63) is 35.9 Å². The second kappa shape index (κ2) is 13.6. The number of benzene rings is 1. The van der Waals surface area contributed by atoms with Crippen LogP contribution in [-0.4, -0.2) is 70.3 Å². The van der Waals surface area contributed by atoms with E-state index in [1.54, 1.807) is 6.92 Å². The molecule has 0 bridgehead atoms. The fourth-order valence-corrected chi connectivity index (χ4v) is 4.19. The molecular weight excluding hydrogens is 466 g/mol. The predicted octanol–water partition coefficient (Wildman–Crippen LogP) is -0.0868.